The highest BCUT2D eigenvalue weighted by Gasteiger charge is 2.38. The largest absolute Gasteiger partial charge is 0.413 e. The van der Waals surface area contributed by atoms with Crippen molar-refractivity contribution in [3.63, 3.8) is 0 Å². The van der Waals surface area contributed by atoms with Gasteiger partial charge < -0.3 is 18.9 Å². The molecule has 0 aliphatic rings. The van der Waals surface area contributed by atoms with Crippen molar-refractivity contribution in [1.82, 2.24) is 14.1 Å². The second-order valence-corrected chi connectivity index (χ2v) is 31.0. The molecule has 66 heavy (non-hydrogen) atoms. The maximum Gasteiger partial charge on any atom is 0.255 e. The van der Waals surface area contributed by atoms with E-state index >= 15 is 0 Å². The number of aliphatic hydroxyl groups excluding tert-OH is 1. The third-order valence-electron chi connectivity index (χ3n) is 12.5. The number of aromatic nitrogens is 3. The number of nitrogens with zero attached hydrogens (tertiary/aromatic N) is 2. The second kappa shape index (κ2) is 24.0. The number of pyridine rings is 3. The van der Waals surface area contributed by atoms with Crippen LogP contribution in [0.5, 0.6) is 0 Å². The van der Waals surface area contributed by atoms with Crippen LogP contribution in [-0.2, 0) is 28.7 Å². The van der Waals surface area contributed by atoms with Gasteiger partial charge >= 0.3 is 0 Å². The normalized spacial score (nSPS) is 11.7. The lowest BCUT2D eigenvalue weighted by Gasteiger charge is -2.36. The molecule has 0 bridgehead atoms. The van der Waals surface area contributed by atoms with E-state index in [0.717, 1.165) is 50.3 Å². The smallest absolute Gasteiger partial charge is 0.255 e. The standard InChI is InChI=1S/C20H29NO2Si.C14H15NO2.C13H23NO2Si.C7H7I/c1-15-9-8-10-18(11-15)21-13-16(2)17(12-19(21)22)14-23-24(6,7)20(3,4)5;1-10-4-3-5-13(6-10)15-8-11(2)12(9-16)7-14(15)17;1-10-8-14-12(15)7-11(10)9-16-17(5,6)13(2,3)4;1-6-3-2-4-7(8)5-6/h8-13H,14H2,1-7H3;3-8,16H,9H2,1-2H3;7-8H,9H2,1-6H3,(H,14,15);2-5H,1H3. The molecule has 0 aliphatic carbocycles. The van der Waals surface area contributed by atoms with Crippen molar-refractivity contribution >= 4 is 39.2 Å². The SMILES string of the molecule is Cc1c[nH]c(=O)cc1CO[Si](C)(C)C(C)(C)C.Cc1cccc(-n2cc(C)c(CO)cc2=O)c1.Cc1cccc(-n2cc(C)c(CO[Si](C)(C)C(C)(C)C)cc2=O)c1.Cc1cccc(I)c1. The molecule has 356 valence electrons. The Hall–Kier alpha value is -4.45. The summed E-state index contributed by atoms with van der Waals surface area (Å²) in [6.07, 6.45) is 5.43. The lowest BCUT2D eigenvalue weighted by atomic mass is 10.1. The summed E-state index contributed by atoms with van der Waals surface area (Å²) < 4.78 is 17.0. The van der Waals surface area contributed by atoms with Gasteiger partial charge in [0.15, 0.2) is 16.6 Å². The van der Waals surface area contributed by atoms with Crippen molar-refractivity contribution < 1.29 is 14.0 Å². The summed E-state index contributed by atoms with van der Waals surface area (Å²) in [6.45, 7) is 35.2. The lowest BCUT2D eigenvalue weighted by Crippen LogP contribution is -2.40. The monoisotopic (exact) mass is 1040 g/mol. The summed E-state index contributed by atoms with van der Waals surface area (Å²) in [4.78, 5) is 38.4. The molecule has 0 unspecified atom stereocenters. The fourth-order valence-corrected chi connectivity index (χ4v) is 8.52. The molecule has 0 spiro atoms. The number of hydrogen-bond donors (Lipinski definition) is 2. The second-order valence-electron chi connectivity index (χ2n) is 20.1. The van der Waals surface area contributed by atoms with Crippen LogP contribution in [0.3, 0.4) is 0 Å². The molecular formula is C54H74IN3O6Si2. The number of rotatable bonds is 9. The van der Waals surface area contributed by atoms with Crippen LogP contribution < -0.4 is 16.7 Å². The highest BCUT2D eigenvalue weighted by molar-refractivity contribution is 14.1. The summed E-state index contributed by atoms with van der Waals surface area (Å²) in [5, 5.41) is 9.46. The molecule has 2 N–H and O–H groups in total. The predicted octanol–water partition coefficient (Wildman–Crippen LogP) is 12.7. The molecular weight excluding hydrogens is 970 g/mol. The number of aryl methyl sites for hydroxylation is 6. The van der Waals surface area contributed by atoms with Gasteiger partial charge in [0.1, 0.15) is 0 Å². The van der Waals surface area contributed by atoms with E-state index in [9.17, 15) is 14.4 Å². The average Bonchev–Trinajstić information content (AvgIpc) is 3.22. The Morgan fingerprint density at radius 1 is 0.561 bits per heavy atom. The van der Waals surface area contributed by atoms with Gasteiger partial charge in [0, 0.05) is 51.7 Å². The van der Waals surface area contributed by atoms with E-state index in [1.807, 2.05) is 89.3 Å². The van der Waals surface area contributed by atoms with Crippen LogP contribution in [0, 0.1) is 45.1 Å². The van der Waals surface area contributed by atoms with Crippen LogP contribution in [0.1, 0.15) is 91.6 Å². The molecule has 6 aromatic rings. The zero-order valence-electron chi connectivity index (χ0n) is 42.3. The molecule has 0 saturated heterocycles. The van der Waals surface area contributed by atoms with Crippen LogP contribution in [0.25, 0.3) is 11.4 Å². The minimum atomic E-state index is -1.82. The average molecular weight is 1040 g/mol. The lowest BCUT2D eigenvalue weighted by molar-refractivity contribution is 0.275. The third-order valence-corrected chi connectivity index (χ3v) is 22.1. The Morgan fingerprint density at radius 3 is 1.33 bits per heavy atom. The molecule has 3 heterocycles. The van der Waals surface area contributed by atoms with Gasteiger partial charge in [-0.15, -0.1) is 0 Å². The number of halogens is 1. The van der Waals surface area contributed by atoms with Gasteiger partial charge in [-0.3, -0.25) is 23.5 Å². The Bertz CT molecular complexity index is 2710. The Morgan fingerprint density at radius 2 is 0.955 bits per heavy atom. The van der Waals surface area contributed by atoms with Crippen molar-refractivity contribution in [3.05, 3.63) is 194 Å². The zero-order valence-corrected chi connectivity index (χ0v) is 46.4. The van der Waals surface area contributed by atoms with Crippen molar-refractivity contribution in [2.75, 3.05) is 0 Å². The summed E-state index contributed by atoms with van der Waals surface area (Å²) in [6, 6.07) is 29.0. The molecule has 3 aromatic heterocycles. The van der Waals surface area contributed by atoms with Crippen molar-refractivity contribution in [3.8, 4) is 11.4 Å². The summed E-state index contributed by atoms with van der Waals surface area (Å²) in [5.41, 5.74) is 10.8. The molecule has 0 saturated carbocycles. The van der Waals surface area contributed by atoms with E-state index in [-0.39, 0.29) is 33.4 Å². The number of nitrogens with one attached hydrogen (secondary N) is 1. The van der Waals surface area contributed by atoms with E-state index < -0.39 is 16.6 Å². The first-order chi connectivity index (χ1) is 30.5. The minimum Gasteiger partial charge on any atom is -0.413 e. The Kier molecular flexibility index (Phi) is 20.3. The fraction of sp³-hybridized carbons (Fsp3) is 0.389. The first kappa shape index (κ1) is 55.9. The highest BCUT2D eigenvalue weighted by atomic mass is 127. The first-order valence-electron chi connectivity index (χ1n) is 22.4. The van der Waals surface area contributed by atoms with Crippen LogP contribution >= 0.6 is 22.6 Å². The predicted molar refractivity (Wildman–Crippen MR) is 289 cm³/mol. The van der Waals surface area contributed by atoms with Crippen LogP contribution in [-0.4, -0.2) is 35.9 Å². The minimum absolute atomic E-state index is 0.0139. The third kappa shape index (κ3) is 16.7. The van der Waals surface area contributed by atoms with Crippen molar-refractivity contribution in [2.45, 2.75) is 139 Å². The highest BCUT2D eigenvalue weighted by Crippen LogP contribution is 2.38. The Labute approximate surface area is 409 Å². The topological polar surface area (TPSA) is 116 Å². The van der Waals surface area contributed by atoms with Gasteiger partial charge in [-0.2, -0.15) is 0 Å². The molecule has 0 amide bonds. The molecule has 9 nitrogen and oxygen atoms in total. The number of aliphatic hydroxyl groups is 1. The zero-order chi connectivity index (χ0) is 49.8. The van der Waals surface area contributed by atoms with E-state index in [1.165, 1.54) is 15.2 Å². The molecule has 0 fully saturated rings. The molecule has 0 aliphatic heterocycles. The molecule has 12 heteroatoms. The van der Waals surface area contributed by atoms with Crippen LogP contribution in [0.2, 0.25) is 36.3 Å². The summed E-state index contributed by atoms with van der Waals surface area (Å²) >= 11 is 2.31. The number of hydrogen-bond acceptors (Lipinski definition) is 6. The van der Waals surface area contributed by atoms with Crippen molar-refractivity contribution in [1.29, 1.82) is 0 Å². The first-order valence-corrected chi connectivity index (χ1v) is 29.3. The van der Waals surface area contributed by atoms with Crippen LogP contribution in [0.15, 0.2) is 124 Å². The molecule has 0 atom stereocenters. The van der Waals surface area contributed by atoms with Gasteiger partial charge in [0.25, 0.3) is 11.1 Å². The number of H-pyrrole nitrogens is 1. The van der Waals surface area contributed by atoms with Crippen molar-refractivity contribution in [2.24, 2.45) is 0 Å². The molecule has 6 rings (SSSR count). The maximum absolute atomic E-state index is 12.5. The summed E-state index contributed by atoms with van der Waals surface area (Å²) in [5.74, 6) is 0. The van der Waals surface area contributed by atoms with E-state index in [1.54, 1.807) is 33.7 Å². The molecule has 0 radical (unpaired) electrons. The van der Waals surface area contributed by atoms with Gasteiger partial charge in [-0.1, -0.05) is 83.5 Å². The van der Waals surface area contributed by atoms with Crippen LogP contribution in [0.4, 0.5) is 0 Å². The van der Waals surface area contributed by atoms with Gasteiger partial charge in [0.2, 0.25) is 5.56 Å². The number of benzene rings is 3. The number of aromatic amines is 1. The molecule has 3 aromatic carbocycles. The van der Waals surface area contributed by atoms with Gasteiger partial charge in [-0.05, 0) is 181 Å². The Balaban J connectivity index is 0.000000246. The fourth-order valence-electron chi connectivity index (χ4n) is 5.93. The van der Waals surface area contributed by atoms with Gasteiger partial charge in [0.05, 0.1) is 19.8 Å². The van der Waals surface area contributed by atoms with Gasteiger partial charge in [-0.25, -0.2) is 0 Å². The van der Waals surface area contributed by atoms with E-state index in [0.29, 0.717) is 18.8 Å². The van der Waals surface area contributed by atoms with E-state index in [2.05, 4.69) is 126 Å². The van der Waals surface area contributed by atoms with E-state index in [4.69, 9.17) is 14.0 Å². The quantitative estimate of drug-likeness (QED) is 0.110. The summed E-state index contributed by atoms with van der Waals surface area (Å²) in [7, 11) is -3.56. The maximum atomic E-state index is 12.5.